The summed E-state index contributed by atoms with van der Waals surface area (Å²) >= 11 is 0. The molecular formula is C28H31N5O3. The molecule has 3 aromatic rings. The van der Waals surface area contributed by atoms with Gasteiger partial charge in [-0.05, 0) is 55.4 Å². The van der Waals surface area contributed by atoms with Crippen molar-refractivity contribution in [2.24, 2.45) is 5.92 Å². The topological polar surface area (TPSA) is 92.5 Å². The Bertz CT molecular complexity index is 1310. The van der Waals surface area contributed by atoms with Crippen molar-refractivity contribution in [3.63, 3.8) is 0 Å². The number of nitrogens with one attached hydrogen (secondary N) is 1. The number of likely N-dealkylation sites (tertiary alicyclic amines) is 1. The summed E-state index contributed by atoms with van der Waals surface area (Å²) in [5.41, 5.74) is 3.62. The van der Waals surface area contributed by atoms with Gasteiger partial charge in [0.25, 0.3) is 0 Å². The van der Waals surface area contributed by atoms with Gasteiger partial charge in [0.1, 0.15) is 25.0 Å². The summed E-state index contributed by atoms with van der Waals surface area (Å²) in [6.07, 6.45) is 7.89. The Kier molecular flexibility index (Phi) is 6.34. The Labute approximate surface area is 211 Å². The molecule has 0 amide bonds. The molecule has 1 saturated heterocycles. The van der Waals surface area contributed by atoms with E-state index in [0.29, 0.717) is 36.8 Å². The average Bonchev–Trinajstić information content (AvgIpc) is 3.22. The number of hydrogen-bond donors (Lipinski definition) is 1. The van der Waals surface area contributed by atoms with E-state index in [1.807, 2.05) is 24.3 Å². The van der Waals surface area contributed by atoms with Crippen LogP contribution in [-0.4, -0.2) is 60.4 Å². The molecule has 1 saturated carbocycles. The number of aromatic nitrogens is 2. The maximum absolute atomic E-state index is 9.74. The molecule has 6 rings (SSSR count). The van der Waals surface area contributed by atoms with Gasteiger partial charge in [0, 0.05) is 49.4 Å². The second-order valence-corrected chi connectivity index (χ2v) is 10.0. The van der Waals surface area contributed by atoms with Gasteiger partial charge in [-0.1, -0.05) is 0 Å². The van der Waals surface area contributed by atoms with E-state index in [9.17, 15) is 5.26 Å². The SMILES string of the molecule is COc1ccc2ncc(C#N)c(CCN3CC4CC(NCc5cc6c(cn5)OCCO6)CC3C4)c2c1. The molecule has 3 unspecified atom stereocenters. The highest BCUT2D eigenvalue weighted by atomic mass is 16.6. The predicted octanol–water partition coefficient (Wildman–Crippen LogP) is 3.47. The summed E-state index contributed by atoms with van der Waals surface area (Å²) in [5, 5.41) is 14.5. The zero-order valence-corrected chi connectivity index (χ0v) is 20.6. The standard InChI is InChI=1S/C28H31N5O3/c1-34-23-2-3-26-25(12-23)24(19(13-29)14-32-26)4-5-33-17-18-8-20(10-22(33)9-18)30-15-21-11-27-28(16-31-21)36-7-6-35-27/h2-3,11-12,14,16,18,20,22,30H,4-10,15,17H2,1H3. The molecule has 1 N–H and O–H groups in total. The van der Waals surface area contributed by atoms with Gasteiger partial charge in [-0.15, -0.1) is 0 Å². The molecule has 2 bridgehead atoms. The molecule has 2 aromatic heterocycles. The largest absolute Gasteiger partial charge is 0.497 e. The van der Waals surface area contributed by atoms with Crippen LogP contribution >= 0.6 is 0 Å². The Morgan fingerprint density at radius 2 is 2.00 bits per heavy atom. The molecule has 0 radical (unpaired) electrons. The lowest BCUT2D eigenvalue weighted by molar-refractivity contribution is 0.170. The van der Waals surface area contributed by atoms with Gasteiger partial charge in [0.2, 0.25) is 0 Å². The average molecular weight is 486 g/mol. The van der Waals surface area contributed by atoms with Crippen molar-refractivity contribution < 1.29 is 14.2 Å². The molecule has 2 aliphatic heterocycles. The van der Waals surface area contributed by atoms with E-state index in [1.165, 1.54) is 12.8 Å². The summed E-state index contributed by atoms with van der Waals surface area (Å²) in [5.74, 6) is 3.02. The van der Waals surface area contributed by atoms with Crippen LogP contribution in [0.5, 0.6) is 17.2 Å². The second-order valence-electron chi connectivity index (χ2n) is 10.0. The van der Waals surface area contributed by atoms with Crippen molar-refractivity contribution in [1.29, 1.82) is 5.26 Å². The molecule has 4 heterocycles. The lowest BCUT2D eigenvalue weighted by Crippen LogP contribution is -2.39. The van der Waals surface area contributed by atoms with Gasteiger partial charge in [-0.3, -0.25) is 14.9 Å². The molecule has 8 heteroatoms. The van der Waals surface area contributed by atoms with Gasteiger partial charge >= 0.3 is 0 Å². The van der Waals surface area contributed by atoms with Crippen LogP contribution in [0.2, 0.25) is 0 Å². The van der Waals surface area contributed by atoms with Crippen LogP contribution < -0.4 is 19.5 Å². The molecule has 3 atom stereocenters. The molecular weight excluding hydrogens is 454 g/mol. The van der Waals surface area contributed by atoms with Crippen molar-refractivity contribution in [2.75, 3.05) is 33.4 Å². The van der Waals surface area contributed by atoms with Crippen molar-refractivity contribution in [1.82, 2.24) is 20.2 Å². The lowest BCUT2D eigenvalue weighted by atomic mass is 9.86. The van der Waals surface area contributed by atoms with Gasteiger partial charge in [0.05, 0.1) is 30.1 Å². The molecule has 1 aromatic carbocycles. The van der Waals surface area contributed by atoms with Gasteiger partial charge in [-0.25, -0.2) is 0 Å². The quantitative estimate of drug-likeness (QED) is 0.544. The highest BCUT2D eigenvalue weighted by Crippen LogP contribution is 2.36. The Morgan fingerprint density at radius 3 is 2.86 bits per heavy atom. The zero-order valence-electron chi connectivity index (χ0n) is 20.6. The number of rotatable bonds is 7. The number of hydrogen-bond acceptors (Lipinski definition) is 8. The van der Waals surface area contributed by atoms with E-state index in [0.717, 1.165) is 71.9 Å². The molecule has 8 nitrogen and oxygen atoms in total. The lowest BCUT2D eigenvalue weighted by Gasteiger charge is -2.30. The number of nitriles is 1. The van der Waals surface area contributed by atoms with E-state index in [1.54, 1.807) is 19.5 Å². The number of nitrogens with zero attached hydrogens (tertiary/aromatic N) is 4. The van der Waals surface area contributed by atoms with Crippen LogP contribution in [0.1, 0.15) is 36.1 Å². The summed E-state index contributed by atoms with van der Waals surface area (Å²) in [7, 11) is 1.67. The third-order valence-electron chi connectivity index (χ3n) is 7.80. The Hall–Kier alpha value is -3.41. The first-order valence-electron chi connectivity index (χ1n) is 12.8. The highest BCUT2D eigenvalue weighted by molar-refractivity contribution is 5.85. The molecule has 0 spiro atoms. The zero-order chi connectivity index (χ0) is 24.5. The normalized spacial score (nSPS) is 22.9. The van der Waals surface area contributed by atoms with Crippen LogP contribution in [0.3, 0.4) is 0 Å². The van der Waals surface area contributed by atoms with E-state index in [2.05, 4.69) is 26.3 Å². The first kappa shape index (κ1) is 23.0. The van der Waals surface area contributed by atoms with Crippen LogP contribution in [0.25, 0.3) is 10.9 Å². The van der Waals surface area contributed by atoms with Crippen molar-refractivity contribution in [2.45, 2.75) is 44.3 Å². The summed E-state index contributed by atoms with van der Waals surface area (Å²) < 4.78 is 16.7. The van der Waals surface area contributed by atoms with Crippen LogP contribution in [0.15, 0.2) is 36.7 Å². The molecule has 2 fully saturated rings. The smallest absolute Gasteiger partial charge is 0.179 e. The molecule has 1 aliphatic carbocycles. The fourth-order valence-corrected chi connectivity index (χ4v) is 6.08. The number of methoxy groups -OCH3 is 1. The van der Waals surface area contributed by atoms with Crippen molar-refractivity contribution in [3.05, 3.63) is 53.5 Å². The minimum atomic E-state index is 0.481. The summed E-state index contributed by atoms with van der Waals surface area (Å²) in [4.78, 5) is 11.7. The first-order valence-corrected chi connectivity index (χ1v) is 12.8. The van der Waals surface area contributed by atoms with E-state index in [4.69, 9.17) is 14.2 Å². The van der Waals surface area contributed by atoms with Gasteiger partial charge in [0.15, 0.2) is 11.5 Å². The van der Waals surface area contributed by atoms with Crippen LogP contribution in [-0.2, 0) is 13.0 Å². The number of ether oxygens (including phenoxy) is 3. The first-order chi connectivity index (χ1) is 17.7. The fraction of sp³-hybridized carbons (Fsp3) is 0.464. The maximum atomic E-state index is 9.74. The van der Waals surface area contributed by atoms with E-state index >= 15 is 0 Å². The number of benzene rings is 1. The number of fused-ring (bicyclic) bond motifs is 4. The molecule has 186 valence electrons. The van der Waals surface area contributed by atoms with Gasteiger partial charge in [-0.2, -0.15) is 5.26 Å². The third kappa shape index (κ3) is 4.57. The van der Waals surface area contributed by atoms with Crippen molar-refractivity contribution in [3.8, 4) is 23.3 Å². The summed E-state index contributed by atoms with van der Waals surface area (Å²) in [6.45, 7) is 3.97. The van der Waals surface area contributed by atoms with Crippen molar-refractivity contribution >= 4 is 10.9 Å². The molecule has 3 aliphatic rings. The fourth-order valence-electron chi connectivity index (χ4n) is 6.08. The van der Waals surface area contributed by atoms with Crippen LogP contribution in [0.4, 0.5) is 0 Å². The van der Waals surface area contributed by atoms with Gasteiger partial charge < -0.3 is 19.5 Å². The second kappa shape index (κ2) is 9.92. The minimum Gasteiger partial charge on any atom is -0.497 e. The highest BCUT2D eigenvalue weighted by Gasteiger charge is 2.39. The molecule has 36 heavy (non-hydrogen) atoms. The van der Waals surface area contributed by atoms with E-state index in [-0.39, 0.29) is 0 Å². The summed E-state index contributed by atoms with van der Waals surface area (Å²) in [6, 6.07) is 11.3. The van der Waals surface area contributed by atoms with Crippen LogP contribution in [0, 0.1) is 17.2 Å². The minimum absolute atomic E-state index is 0.481. The number of pyridine rings is 2. The predicted molar refractivity (Wildman–Crippen MR) is 135 cm³/mol. The Balaban J connectivity index is 1.10. The van der Waals surface area contributed by atoms with E-state index < -0.39 is 0 Å². The maximum Gasteiger partial charge on any atom is 0.179 e. The third-order valence-corrected chi connectivity index (χ3v) is 7.80. The Morgan fingerprint density at radius 1 is 1.11 bits per heavy atom. The monoisotopic (exact) mass is 485 g/mol.